The summed E-state index contributed by atoms with van der Waals surface area (Å²) >= 11 is 0. The summed E-state index contributed by atoms with van der Waals surface area (Å²) in [6.45, 7) is 7.60. The van der Waals surface area contributed by atoms with Crippen LogP contribution < -0.4 is 14.8 Å². The van der Waals surface area contributed by atoms with Gasteiger partial charge in [-0.15, -0.1) is 5.10 Å². The fraction of sp³-hybridized carbons (Fsp3) is 0.226. The van der Waals surface area contributed by atoms with Gasteiger partial charge in [-0.1, -0.05) is 24.3 Å². The Morgan fingerprint density at radius 1 is 0.786 bits per heavy atom. The molecule has 216 valence electrons. The van der Waals surface area contributed by atoms with Crippen LogP contribution in [0.2, 0.25) is 0 Å². The summed E-state index contributed by atoms with van der Waals surface area (Å²) in [7, 11) is 0. The summed E-state index contributed by atoms with van der Waals surface area (Å²) in [5, 5.41) is 23.4. The number of anilines is 3. The van der Waals surface area contributed by atoms with E-state index in [2.05, 4.69) is 33.6 Å². The molecule has 0 atom stereocenters. The predicted molar refractivity (Wildman–Crippen MR) is 160 cm³/mol. The van der Waals surface area contributed by atoms with Gasteiger partial charge >= 0.3 is 0 Å². The molecule has 3 aromatic rings. The lowest BCUT2D eigenvalue weighted by Gasteiger charge is -2.28. The van der Waals surface area contributed by atoms with Gasteiger partial charge in [-0.25, -0.2) is 14.8 Å². The zero-order valence-corrected chi connectivity index (χ0v) is 23.5. The van der Waals surface area contributed by atoms with Crippen LogP contribution in [0.4, 0.5) is 22.7 Å². The van der Waals surface area contributed by atoms with Crippen LogP contribution >= 0.6 is 0 Å². The van der Waals surface area contributed by atoms with Gasteiger partial charge in [0.1, 0.15) is 18.9 Å². The molecule has 2 aliphatic heterocycles. The smallest absolute Gasteiger partial charge is 0.283 e. The van der Waals surface area contributed by atoms with Crippen LogP contribution in [0, 0.1) is 0 Å². The summed E-state index contributed by atoms with van der Waals surface area (Å²) < 4.78 is 0. The highest BCUT2D eigenvalue weighted by molar-refractivity contribution is 6.61. The second kappa shape index (κ2) is 12.5. The molecule has 5 rings (SSSR count). The van der Waals surface area contributed by atoms with Crippen molar-refractivity contribution in [2.24, 2.45) is 10.1 Å². The molecule has 2 aliphatic rings. The number of amides is 2. The third-order valence-corrected chi connectivity index (χ3v) is 7.23. The molecule has 42 heavy (non-hydrogen) atoms. The highest BCUT2D eigenvalue weighted by Crippen LogP contribution is 2.34. The normalized spacial score (nSPS) is 15.9. The Morgan fingerprint density at radius 2 is 1.33 bits per heavy atom. The fourth-order valence-corrected chi connectivity index (χ4v) is 4.98. The number of hydrogen-bond acceptors (Lipinski definition) is 9. The molecule has 0 radical (unpaired) electrons. The third-order valence-electron chi connectivity index (χ3n) is 7.23. The van der Waals surface area contributed by atoms with Crippen molar-refractivity contribution in [2.75, 3.05) is 27.9 Å². The summed E-state index contributed by atoms with van der Waals surface area (Å²) in [6.07, 6.45) is 0. The van der Waals surface area contributed by atoms with E-state index in [1.807, 2.05) is 24.3 Å². The van der Waals surface area contributed by atoms with Crippen LogP contribution in [-0.4, -0.2) is 47.0 Å². The maximum atomic E-state index is 14.1. The van der Waals surface area contributed by atoms with Crippen molar-refractivity contribution in [3.8, 4) is 0 Å². The first-order chi connectivity index (χ1) is 20.4. The second-order valence-corrected chi connectivity index (χ2v) is 9.71. The van der Waals surface area contributed by atoms with Gasteiger partial charge in [-0.05, 0) is 86.0 Å². The quantitative estimate of drug-likeness (QED) is 0.250. The molecule has 0 aromatic heterocycles. The molecule has 0 unspecified atom stereocenters. The van der Waals surface area contributed by atoms with Gasteiger partial charge in [0.25, 0.3) is 11.8 Å². The van der Waals surface area contributed by atoms with Crippen molar-refractivity contribution < 1.29 is 29.9 Å². The van der Waals surface area contributed by atoms with Gasteiger partial charge in [-0.2, -0.15) is 5.01 Å². The van der Waals surface area contributed by atoms with E-state index in [1.54, 1.807) is 55.5 Å². The van der Waals surface area contributed by atoms with Gasteiger partial charge in [0.2, 0.25) is 0 Å². The minimum absolute atomic E-state index is 0.00231. The minimum Gasteiger partial charge on any atom is -0.372 e. The Kier molecular flexibility index (Phi) is 8.55. The molecule has 2 amide bonds. The molecule has 0 saturated carbocycles. The van der Waals surface area contributed by atoms with Crippen LogP contribution in [0.15, 0.2) is 94.0 Å². The van der Waals surface area contributed by atoms with Gasteiger partial charge in [0.15, 0.2) is 5.84 Å². The number of fused-ring (bicyclic) bond motifs is 1. The van der Waals surface area contributed by atoms with E-state index >= 15 is 0 Å². The van der Waals surface area contributed by atoms with Gasteiger partial charge in [0, 0.05) is 18.8 Å². The standard InChI is InChI=1S/C31H31N5O6/c1-4-34(5-2)24-16-10-23(11-17-24)32-28-20(3)27-29(35(31(28)38)25-12-6-21(7-13-25)18-41-39)33-36(30(27)37)26-14-8-22(9-15-26)19-42-40/h6-17,39-40H,4-5,18-19H2,1-3H3. The number of rotatable bonds is 10. The highest BCUT2D eigenvalue weighted by Gasteiger charge is 2.45. The Morgan fingerprint density at radius 3 is 1.86 bits per heavy atom. The minimum atomic E-state index is -0.431. The molecule has 2 heterocycles. The van der Waals surface area contributed by atoms with Crippen LogP contribution in [0.25, 0.3) is 0 Å². The predicted octanol–water partition coefficient (Wildman–Crippen LogP) is 5.31. The summed E-state index contributed by atoms with van der Waals surface area (Å²) in [4.78, 5) is 44.6. The Bertz CT molecular complexity index is 1560. The van der Waals surface area contributed by atoms with E-state index in [9.17, 15) is 9.59 Å². The highest BCUT2D eigenvalue weighted by atomic mass is 17.1. The number of hydrazone groups is 1. The molecule has 3 aromatic carbocycles. The SMILES string of the molecule is CCN(CC)c1ccc(N=C2C(=O)N(c3ccc(COO)cc3)C3=NN(c4ccc(COO)cc4)C(=O)C3=C2C)cc1. The summed E-state index contributed by atoms with van der Waals surface area (Å²) in [5.41, 5.74) is 4.80. The molecular formula is C31H31N5O6. The topological polar surface area (TPSA) is 128 Å². The fourth-order valence-electron chi connectivity index (χ4n) is 4.98. The first kappa shape index (κ1) is 28.8. The largest absolute Gasteiger partial charge is 0.372 e. The number of amidine groups is 1. The molecule has 11 heteroatoms. The lowest BCUT2D eigenvalue weighted by molar-refractivity contribution is -0.253. The van der Waals surface area contributed by atoms with Gasteiger partial charge in [0.05, 0.1) is 22.6 Å². The number of benzene rings is 3. The lowest BCUT2D eigenvalue weighted by Crippen LogP contribution is -2.47. The summed E-state index contributed by atoms with van der Waals surface area (Å²) in [6, 6.07) is 21.2. The number of hydrogen-bond donors (Lipinski definition) is 2. The molecular weight excluding hydrogens is 538 g/mol. The first-order valence-electron chi connectivity index (χ1n) is 13.5. The van der Waals surface area contributed by atoms with E-state index < -0.39 is 11.8 Å². The third kappa shape index (κ3) is 5.46. The van der Waals surface area contributed by atoms with E-state index in [0.717, 1.165) is 18.8 Å². The molecule has 0 aliphatic carbocycles. The first-order valence-corrected chi connectivity index (χ1v) is 13.5. The number of carbonyl (C=O) groups is 2. The van der Waals surface area contributed by atoms with E-state index in [4.69, 9.17) is 15.5 Å². The Labute approximate surface area is 243 Å². The molecule has 11 nitrogen and oxygen atoms in total. The van der Waals surface area contributed by atoms with Crippen LogP contribution in [0.1, 0.15) is 31.9 Å². The lowest BCUT2D eigenvalue weighted by atomic mass is 9.96. The zero-order valence-electron chi connectivity index (χ0n) is 23.5. The molecule has 2 N–H and O–H groups in total. The van der Waals surface area contributed by atoms with Crippen molar-refractivity contribution in [3.05, 3.63) is 95.1 Å². The van der Waals surface area contributed by atoms with Gasteiger partial charge in [-0.3, -0.25) is 25.0 Å². The number of carbonyl (C=O) groups excluding carboxylic acids is 2. The van der Waals surface area contributed by atoms with Crippen molar-refractivity contribution in [1.29, 1.82) is 0 Å². The van der Waals surface area contributed by atoms with Crippen LogP contribution in [0.5, 0.6) is 0 Å². The van der Waals surface area contributed by atoms with E-state index in [1.165, 1.54) is 9.91 Å². The van der Waals surface area contributed by atoms with Crippen LogP contribution in [0.3, 0.4) is 0 Å². The average Bonchev–Trinajstić information content (AvgIpc) is 3.35. The Hall–Kier alpha value is -4.68. The summed E-state index contributed by atoms with van der Waals surface area (Å²) in [5.74, 6) is -0.646. The maximum Gasteiger partial charge on any atom is 0.283 e. The maximum absolute atomic E-state index is 14.1. The number of aliphatic imine (C=N–C) groups is 1. The van der Waals surface area contributed by atoms with Crippen molar-refractivity contribution in [3.63, 3.8) is 0 Å². The molecule has 0 fully saturated rings. The average molecular weight is 570 g/mol. The Balaban J connectivity index is 1.60. The van der Waals surface area contributed by atoms with E-state index in [0.29, 0.717) is 33.8 Å². The van der Waals surface area contributed by atoms with Crippen molar-refractivity contribution >= 4 is 46.1 Å². The van der Waals surface area contributed by atoms with Gasteiger partial charge < -0.3 is 4.90 Å². The molecule has 0 spiro atoms. The molecule has 0 bridgehead atoms. The van der Waals surface area contributed by atoms with Crippen LogP contribution in [-0.2, 0) is 32.6 Å². The van der Waals surface area contributed by atoms with Crippen molar-refractivity contribution in [1.82, 2.24) is 0 Å². The molecule has 0 saturated heterocycles. The number of nitrogens with zero attached hydrogens (tertiary/aromatic N) is 5. The van der Waals surface area contributed by atoms with E-state index in [-0.39, 0.29) is 30.3 Å². The van der Waals surface area contributed by atoms with Crippen molar-refractivity contribution in [2.45, 2.75) is 34.0 Å². The second-order valence-electron chi connectivity index (χ2n) is 9.71. The monoisotopic (exact) mass is 569 g/mol. The zero-order chi connectivity index (χ0) is 29.8.